The Balaban J connectivity index is 1.80. The molecule has 2 rings (SSSR count). The Morgan fingerprint density at radius 3 is 2.36 bits per heavy atom. The molecule has 0 aromatic heterocycles. The van der Waals surface area contributed by atoms with Crippen molar-refractivity contribution in [3.63, 3.8) is 0 Å². The van der Waals surface area contributed by atoms with E-state index in [1.54, 1.807) is 0 Å². The fraction of sp³-hybridized carbons (Fsp3) is 0.300. The van der Waals surface area contributed by atoms with E-state index in [0.29, 0.717) is 12.2 Å². The van der Waals surface area contributed by atoms with Gasteiger partial charge in [-0.25, -0.2) is 0 Å². The molecule has 0 aliphatic rings. The Kier molecular flexibility index (Phi) is 7.54. The Labute approximate surface area is 152 Å². The van der Waals surface area contributed by atoms with Crippen molar-refractivity contribution in [1.29, 1.82) is 0 Å². The van der Waals surface area contributed by atoms with Crippen LogP contribution in [-0.2, 0) is 16.0 Å². The third-order valence-corrected chi connectivity index (χ3v) is 5.01. The second kappa shape index (κ2) is 9.89. The normalized spacial score (nSPS) is 11.7. The first-order valence-electron chi connectivity index (χ1n) is 8.32. The molecule has 0 bridgehead atoms. The van der Waals surface area contributed by atoms with E-state index >= 15 is 0 Å². The molecule has 0 saturated heterocycles. The molecule has 5 heteroatoms. The molecule has 1 unspecified atom stereocenters. The molecule has 4 nitrogen and oxygen atoms in total. The van der Waals surface area contributed by atoms with Gasteiger partial charge in [0.15, 0.2) is 0 Å². The maximum absolute atomic E-state index is 11.5. The lowest BCUT2D eigenvalue weighted by atomic mass is 10.0. The number of amides is 1. The maximum atomic E-state index is 11.5. The summed E-state index contributed by atoms with van der Waals surface area (Å²) in [5.41, 5.74) is 1.99. The molecule has 1 atom stereocenters. The van der Waals surface area contributed by atoms with Gasteiger partial charge < -0.3 is 10.4 Å². The number of rotatable bonds is 9. The lowest BCUT2D eigenvalue weighted by molar-refractivity contribution is -0.141. The first-order valence-corrected chi connectivity index (χ1v) is 9.30. The summed E-state index contributed by atoms with van der Waals surface area (Å²) in [6.45, 7) is 1.47. The monoisotopic (exact) mass is 357 g/mol. The molecule has 0 radical (unpaired) electrons. The highest BCUT2D eigenvalue weighted by Crippen LogP contribution is 2.25. The van der Waals surface area contributed by atoms with Crippen LogP contribution in [0, 0.1) is 5.92 Å². The number of hydrogen-bond donors (Lipinski definition) is 2. The SMILES string of the molecule is CC(=O)Nc1ccc(SCC(CCCc2ccccc2)C(=O)O)cc1. The number of hydrogen-bond acceptors (Lipinski definition) is 3. The van der Waals surface area contributed by atoms with Crippen LogP contribution in [-0.4, -0.2) is 22.7 Å². The third-order valence-electron chi connectivity index (χ3n) is 3.84. The molecule has 0 aliphatic heterocycles. The first-order chi connectivity index (χ1) is 12.0. The summed E-state index contributed by atoms with van der Waals surface area (Å²) in [5, 5.41) is 12.1. The topological polar surface area (TPSA) is 66.4 Å². The summed E-state index contributed by atoms with van der Waals surface area (Å²) in [5.74, 6) is -0.659. The van der Waals surface area contributed by atoms with E-state index in [0.717, 1.165) is 23.4 Å². The number of benzene rings is 2. The van der Waals surface area contributed by atoms with Crippen LogP contribution in [0.5, 0.6) is 0 Å². The van der Waals surface area contributed by atoms with Gasteiger partial charge in [0, 0.05) is 23.3 Å². The van der Waals surface area contributed by atoms with Gasteiger partial charge in [-0.2, -0.15) is 0 Å². The Morgan fingerprint density at radius 2 is 1.76 bits per heavy atom. The highest BCUT2D eigenvalue weighted by atomic mass is 32.2. The molecule has 0 saturated carbocycles. The zero-order valence-corrected chi connectivity index (χ0v) is 15.1. The van der Waals surface area contributed by atoms with Gasteiger partial charge in [0.25, 0.3) is 0 Å². The van der Waals surface area contributed by atoms with Crippen LogP contribution >= 0.6 is 11.8 Å². The molecule has 0 heterocycles. The van der Waals surface area contributed by atoms with E-state index in [1.807, 2.05) is 42.5 Å². The van der Waals surface area contributed by atoms with E-state index in [-0.39, 0.29) is 11.8 Å². The zero-order valence-electron chi connectivity index (χ0n) is 14.3. The Morgan fingerprint density at radius 1 is 1.08 bits per heavy atom. The Hall–Kier alpha value is -2.27. The first kappa shape index (κ1) is 19.1. The smallest absolute Gasteiger partial charge is 0.307 e. The van der Waals surface area contributed by atoms with Crippen LogP contribution in [0.3, 0.4) is 0 Å². The number of carboxylic acid groups (broad SMARTS) is 1. The second-order valence-corrected chi connectivity index (χ2v) is 7.02. The summed E-state index contributed by atoms with van der Waals surface area (Å²) in [4.78, 5) is 23.5. The van der Waals surface area contributed by atoms with Gasteiger partial charge in [0.2, 0.25) is 5.91 Å². The van der Waals surface area contributed by atoms with Gasteiger partial charge in [-0.1, -0.05) is 30.3 Å². The van der Waals surface area contributed by atoms with Crippen molar-refractivity contribution in [1.82, 2.24) is 0 Å². The van der Waals surface area contributed by atoms with Gasteiger partial charge in [0.05, 0.1) is 5.92 Å². The minimum absolute atomic E-state index is 0.107. The molecule has 132 valence electrons. The molecular formula is C20H23NO3S. The van der Waals surface area contributed by atoms with Crippen LogP contribution in [0.15, 0.2) is 59.5 Å². The van der Waals surface area contributed by atoms with E-state index < -0.39 is 5.97 Å². The van der Waals surface area contributed by atoms with E-state index in [4.69, 9.17) is 0 Å². The zero-order chi connectivity index (χ0) is 18.1. The van der Waals surface area contributed by atoms with Crippen LogP contribution in [0.4, 0.5) is 5.69 Å². The number of aryl methyl sites for hydroxylation is 1. The van der Waals surface area contributed by atoms with E-state index in [9.17, 15) is 14.7 Å². The average molecular weight is 357 g/mol. The molecule has 0 spiro atoms. The summed E-state index contributed by atoms with van der Waals surface area (Å²) in [7, 11) is 0. The molecule has 2 aromatic carbocycles. The minimum atomic E-state index is -0.740. The van der Waals surface area contributed by atoms with Crippen LogP contribution in [0.25, 0.3) is 0 Å². The van der Waals surface area contributed by atoms with Crippen LogP contribution in [0.1, 0.15) is 25.3 Å². The number of carbonyl (C=O) groups is 2. The Bertz CT molecular complexity index is 686. The number of aliphatic carboxylic acids is 1. The lowest BCUT2D eigenvalue weighted by Gasteiger charge is -2.12. The predicted octanol–water partition coefficient (Wildman–Crippen LogP) is 4.46. The van der Waals surface area contributed by atoms with Crippen molar-refractivity contribution in [3.05, 3.63) is 60.2 Å². The van der Waals surface area contributed by atoms with Gasteiger partial charge in [-0.15, -0.1) is 11.8 Å². The molecular weight excluding hydrogens is 334 g/mol. The molecule has 25 heavy (non-hydrogen) atoms. The standard InChI is InChI=1S/C20H23NO3S/c1-15(22)21-18-10-12-19(13-11-18)25-14-17(20(23)24)9-5-8-16-6-3-2-4-7-16/h2-4,6-7,10-13,17H,5,8-9,14H2,1H3,(H,21,22)(H,23,24). The van der Waals surface area contributed by atoms with Crippen molar-refractivity contribution in [2.24, 2.45) is 5.92 Å². The van der Waals surface area contributed by atoms with Crippen molar-refractivity contribution in [2.75, 3.05) is 11.1 Å². The molecule has 0 aliphatic carbocycles. The summed E-state index contributed by atoms with van der Waals surface area (Å²) < 4.78 is 0. The predicted molar refractivity (Wildman–Crippen MR) is 102 cm³/mol. The summed E-state index contributed by atoms with van der Waals surface area (Å²) in [6.07, 6.45) is 2.44. The third kappa shape index (κ3) is 7.01. The van der Waals surface area contributed by atoms with Gasteiger partial charge in [-0.3, -0.25) is 9.59 Å². The summed E-state index contributed by atoms with van der Waals surface area (Å²) in [6, 6.07) is 17.6. The van der Waals surface area contributed by atoms with Crippen LogP contribution in [0.2, 0.25) is 0 Å². The van der Waals surface area contributed by atoms with E-state index in [2.05, 4.69) is 17.4 Å². The van der Waals surface area contributed by atoms with Gasteiger partial charge >= 0.3 is 5.97 Å². The number of thioether (sulfide) groups is 1. The minimum Gasteiger partial charge on any atom is -0.481 e. The largest absolute Gasteiger partial charge is 0.481 e. The lowest BCUT2D eigenvalue weighted by Crippen LogP contribution is -2.16. The van der Waals surface area contributed by atoms with Crippen molar-refractivity contribution in [3.8, 4) is 0 Å². The number of carbonyl (C=O) groups excluding carboxylic acids is 1. The highest BCUT2D eigenvalue weighted by molar-refractivity contribution is 7.99. The average Bonchev–Trinajstić information content (AvgIpc) is 2.59. The van der Waals surface area contributed by atoms with Crippen molar-refractivity contribution >= 4 is 29.3 Å². The van der Waals surface area contributed by atoms with Gasteiger partial charge in [0.1, 0.15) is 0 Å². The highest BCUT2D eigenvalue weighted by Gasteiger charge is 2.17. The quantitative estimate of drug-likeness (QED) is 0.650. The molecule has 1 amide bonds. The maximum Gasteiger partial charge on any atom is 0.307 e. The molecule has 0 fully saturated rings. The van der Waals surface area contributed by atoms with Crippen molar-refractivity contribution in [2.45, 2.75) is 31.1 Å². The fourth-order valence-electron chi connectivity index (χ4n) is 2.51. The van der Waals surface area contributed by atoms with E-state index in [1.165, 1.54) is 24.2 Å². The molecule has 2 aromatic rings. The van der Waals surface area contributed by atoms with Crippen LogP contribution < -0.4 is 5.32 Å². The number of carboxylic acids is 1. The second-order valence-electron chi connectivity index (χ2n) is 5.93. The number of nitrogens with one attached hydrogen (secondary N) is 1. The number of anilines is 1. The molecule has 2 N–H and O–H groups in total. The van der Waals surface area contributed by atoms with Crippen molar-refractivity contribution < 1.29 is 14.7 Å². The summed E-state index contributed by atoms with van der Waals surface area (Å²) >= 11 is 1.54. The fourth-order valence-corrected chi connectivity index (χ4v) is 3.54. The van der Waals surface area contributed by atoms with Gasteiger partial charge in [-0.05, 0) is 49.1 Å².